The minimum atomic E-state index is -0.262. The maximum atomic E-state index is 13.2. The molecule has 0 aliphatic rings. The lowest BCUT2D eigenvalue weighted by molar-refractivity contribution is 0.430. The lowest BCUT2D eigenvalue weighted by Gasteiger charge is -2.12. The Labute approximate surface area is 186 Å². The third-order valence-corrected chi connectivity index (χ3v) is 5.66. The second-order valence-corrected chi connectivity index (χ2v) is 7.77. The van der Waals surface area contributed by atoms with E-state index in [0.717, 1.165) is 11.1 Å². The Kier molecular flexibility index (Phi) is 4.81. The number of hydrogen-bond acceptors (Lipinski definition) is 5. The zero-order chi connectivity index (χ0) is 21.5. The van der Waals surface area contributed by atoms with Gasteiger partial charge in [0, 0.05) is 21.0 Å². The summed E-state index contributed by atoms with van der Waals surface area (Å²) < 4.78 is 6.85. The van der Waals surface area contributed by atoms with E-state index in [0.29, 0.717) is 38.0 Å². The molecule has 0 atom stereocenters. The molecule has 3 aromatic carbocycles. The summed E-state index contributed by atoms with van der Waals surface area (Å²) in [5.41, 5.74) is 2.22. The molecular formula is C23H14Cl2N4O2. The van der Waals surface area contributed by atoms with Gasteiger partial charge in [0.2, 0.25) is 5.82 Å². The fraction of sp³-hybridized carbons (Fsp3) is 0.0435. The molecule has 0 radical (unpaired) electrons. The SMILES string of the molecule is Cc1c(Cl)cccc1-n1nc(-c2nc(-c3ccc(Cl)cc3)no2)c2ccccc2c1=O. The molecule has 0 unspecified atom stereocenters. The summed E-state index contributed by atoms with van der Waals surface area (Å²) in [6, 6.07) is 19.6. The standard InChI is InChI=1S/C23H14Cl2N4O2/c1-13-18(25)7-4-8-19(13)29-23(30)17-6-3-2-5-16(17)20(27-29)22-26-21(28-31-22)14-9-11-15(24)12-10-14/h2-12H,1H3. The van der Waals surface area contributed by atoms with Gasteiger partial charge in [0.25, 0.3) is 11.4 Å². The second kappa shape index (κ2) is 7.65. The van der Waals surface area contributed by atoms with Crippen molar-refractivity contribution in [3.05, 3.63) is 92.7 Å². The first kappa shape index (κ1) is 19.5. The third kappa shape index (κ3) is 3.40. The van der Waals surface area contributed by atoms with Gasteiger partial charge in [-0.05, 0) is 55.0 Å². The van der Waals surface area contributed by atoms with E-state index in [-0.39, 0.29) is 11.4 Å². The van der Waals surface area contributed by atoms with Gasteiger partial charge in [-0.25, -0.2) is 0 Å². The number of rotatable bonds is 3. The van der Waals surface area contributed by atoms with Crippen molar-refractivity contribution in [2.24, 2.45) is 0 Å². The summed E-state index contributed by atoms with van der Waals surface area (Å²) in [7, 11) is 0. The Balaban J connectivity index is 1.74. The van der Waals surface area contributed by atoms with Crippen LogP contribution in [0.3, 0.4) is 0 Å². The Morgan fingerprint density at radius 3 is 2.42 bits per heavy atom. The van der Waals surface area contributed by atoms with Crippen molar-refractivity contribution in [1.82, 2.24) is 19.9 Å². The van der Waals surface area contributed by atoms with Gasteiger partial charge >= 0.3 is 0 Å². The van der Waals surface area contributed by atoms with Crippen molar-refractivity contribution in [3.63, 3.8) is 0 Å². The lowest BCUT2D eigenvalue weighted by Crippen LogP contribution is -2.23. The quantitative estimate of drug-likeness (QED) is 0.352. The molecule has 6 nitrogen and oxygen atoms in total. The van der Waals surface area contributed by atoms with E-state index in [1.54, 1.807) is 60.7 Å². The van der Waals surface area contributed by atoms with Gasteiger partial charge in [0.15, 0.2) is 5.69 Å². The monoisotopic (exact) mass is 448 g/mol. The van der Waals surface area contributed by atoms with Crippen LogP contribution in [0.2, 0.25) is 10.0 Å². The number of benzene rings is 3. The summed E-state index contributed by atoms with van der Waals surface area (Å²) >= 11 is 12.2. The largest absolute Gasteiger partial charge is 0.332 e. The van der Waals surface area contributed by atoms with E-state index in [4.69, 9.17) is 27.7 Å². The van der Waals surface area contributed by atoms with Crippen molar-refractivity contribution >= 4 is 34.0 Å². The van der Waals surface area contributed by atoms with E-state index in [9.17, 15) is 4.79 Å². The zero-order valence-electron chi connectivity index (χ0n) is 16.2. The summed E-state index contributed by atoms with van der Waals surface area (Å²) in [4.78, 5) is 17.7. The Hall–Kier alpha value is -3.48. The first-order valence-corrected chi connectivity index (χ1v) is 10.2. The molecule has 5 aromatic rings. The predicted molar refractivity (Wildman–Crippen MR) is 121 cm³/mol. The molecule has 2 heterocycles. The molecule has 0 saturated carbocycles. The number of halogens is 2. The number of fused-ring (bicyclic) bond motifs is 1. The minimum Gasteiger partial charge on any atom is -0.332 e. The average molecular weight is 449 g/mol. The average Bonchev–Trinajstić information content (AvgIpc) is 3.27. The normalized spacial score (nSPS) is 11.2. The molecule has 0 amide bonds. The van der Waals surface area contributed by atoms with Crippen molar-refractivity contribution in [1.29, 1.82) is 0 Å². The first-order valence-electron chi connectivity index (χ1n) is 9.40. The van der Waals surface area contributed by atoms with Crippen LogP contribution >= 0.6 is 23.2 Å². The van der Waals surface area contributed by atoms with E-state index < -0.39 is 0 Å². The van der Waals surface area contributed by atoms with Crippen molar-refractivity contribution in [2.75, 3.05) is 0 Å². The van der Waals surface area contributed by atoms with Crippen molar-refractivity contribution in [2.45, 2.75) is 6.92 Å². The molecule has 0 aliphatic heterocycles. The van der Waals surface area contributed by atoms with Crippen LogP contribution in [0, 0.1) is 6.92 Å². The maximum Gasteiger partial charge on any atom is 0.279 e. The molecule has 5 rings (SSSR count). The van der Waals surface area contributed by atoms with Gasteiger partial charge in [-0.2, -0.15) is 14.8 Å². The van der Waals surface area contributed by atoms with E-state index in [1.165, 1.54) is 4.68 Å². The van der Waals surface area contributed by atoms with Crippen LogP contribution in [0.4, 0.5) is 0 Å². The maximum absolute atomic E-state index is 13.2. The highest BCUT2D eigenvalue weighted by Crippen LogP contribution is 2.28. The van der Waals surface area contributed by atoms with Gasteiger partial charge < -0.3 is 4.52 Å². The van der Waals surface area contributed by atoms with Gasteiger partial charge in [-0.1, -0.05) is 52.6 Å². The predicted octanol–water partition coefficient (Wildman–Crippen LogP) is 5.72. The van der Waals surface area contributed by atoms with Crippen LogP contribution in [0.25, 0.3) is 39.4 Å². The molecular weight excluding hydrogens is 435 g/mol. The van der Waals surface area contributed by atoms with E-state index in [2.05, 4.69) is 15.2 Å². The second-order valence-electron chi connectivity index (χ2n) is 6.93. The van der Waals surface area contributed by atoms with Crippen LogP contribution in [-0.2, 0) is 0 Å². The van der Waals surface area contributed by atoms with Crippen LogP contribution in [0.5, 0.6) is 0 Å². The van der Waals surface area contributed by atoms with Crippen molar-refractivity contribution in [3.8, 4) is 28.7 Å². The van der Waals surface area contributed by atoms with Crippen molar-refractivity contribution < 1.29 is 4.52 Å². The van der Waals surface area contributed by atoms with E-state index in [1.807, 2.05) is 13.0 Å². The topological polar surface area (TPSA) is 73.8 Å². The van der Waals surface area contributed by atoms with Gasteiger partial charge in [-0.3, -0.25) is 4.79 Å². The highest BCUT2D eigenvalue weighted by atomic mass is 35.5. The highest BCUT2D eigenvalue weighted by Gasteiger charge is 2.20. The number of nitrogens with zero attached hydrogens (tertiary/aromatic N) is 4. The fourth-order valence-electron chi connectivity index (χ4n) is 3.37. The smallest absolute Gasteiger partial charge is 0.279 e. The van der Waals surface area contributed by atoms with Crippen LogP contribution < -0.4 is 5.56 Å². The molecule has 0 fully saturated rings. The Bertz CT molecular complexity index is 1490. The van der Waals surface area contributed by atoms with Gasteiger partial charge in [0.05, 0.1) is 11.1 Å². The number of hydrogen-bond donors (Lipinski definition) is 0. The minimum absolute atomic E-state index is 0.203. The molecule has 0 saturated heterocycles. The highest BCUT2D eigenvalue weighted by molar-refractivity contribution is 6.31. The summed E-state index contributed by atoms with van der Waals surface area (Å²) in [6.07, 6.45) is 0. The zero-order valence-corrected chi connectivity index (χ0v) is 17.7. The lowest BCUT2D eigenvalue weighted by atomic mass is 10.1. The van der Waals surface area contributed by atoms with E-state index >= 15 is 0 Å². The van der Waals surface area contributed by atoms with Crippen LogP contribution in [0.1, 0.15) is 5.56 Å². The van der Waals surface area contributed by atoms with Gasteiger partial charge in [0.1, 0.15) is 0 Å². The fourth-order valence-corrected chi connectivity index (χ4v) is 3.67. The number of aromatic nitrogens is 4. The molecule has 2 aromatic heterocycles. The molecule has 152 valence electrons. The summed E-state index contributed by atoms with van der Waals surface area (Å²) in [6.45, 7) is 1.84. The molecule has 0 spiro atoms. The molecule has 0 aliphatic carbocycles. The van der Waals surface area contributed by atoms with Crippen LogP contribution in [0.15, 0.2) is 76.0 Å². The summed E-state index contributed by atoms with van der Waals surface area (Å²) in [5.74, 6) is 0.601. The third-order valence-electron chi connectivity index (χ3n) is 5.00. The summed E-state index contributed by atoms with van der Waals surface area (Å²) in [5, 5.41) is 10.9. The first-order chi connectivity index (χ1) is 15.0. The van der Waals surface area contributed by atoms with Crippen LogP contribution in [-0.4, -0.2) is 19.9 Å². The molecule has 31 heavy (non-hydrogen) atoms. The molecule has 0 bridgehead atoms. The van der Waals surface area contributed by atoms with Gasteiger partial charge in [-0.15, -0.1) is 0 Å². The molecule has 0 N–H and O–H groups in total. The molecule has 8 heteroatoms. The Morgan fingerprint density at radius 1 is 0.903 bits per heavy atom. The Morgan fingerprint density at radius 2 is 1.65 bits per heavy atom.